The number of aromatic nitrogens is 1. The van der Waals surface area contributed by atoms with Gasteiger partial charge in [-0.15, -0.1) is 0 Å². The monoisotopic (exact) mass is 237 g/mol. The summed E-state index contributed by atoms with van der Waals surface area (Å²) in [5.74, 6) is 0. The summed E-state index contributed by atoms with van der Waals surface area (Å²) >= 11 is 11.8. The van der Waals surface area contributed by atoms with E-state index in [1.54, 1.807) is 6.20 Å². The van der Waals surface area contributed by atoms with Gasteiger partial charge in [0.2, 0.25) is 0 Å². The highest BCUT2D eigenvalue weighted by atomic mass is 35.5. The van der Waals surface area contributed by atoms with Gasteiger partial charge in [-0.1, -0.05) is 35.3 Å². The van der Waals surface area contributed by atoms with Crippen LogP contribution in [-0.4, -0.2) is 4.98 Å². The molecule has 0 fully saturated rings. The van der Waals surface area contributed by atoms with Crippen LogP contribution >= 0.6 is 23.2 Å². The lowest BCUT2D eigenvalue weighted by atomic mass is 10.1. The first-order valence-electron chi connectivity index (χ1n) is 4.59. The van der Waals surface area contributed by atoms with Crippen LogP contribution in [0.1, 0.15) is 11.3 Å². The zero-order chi connectivity index (χ0) is 10.7. The van der Waals surface area contributed by atoms with Crippen molar-refractivity contribution in [1.29, 1.82) is 0 Å². The van der Waals surface area contributed by atoms with Crippen molar-refractivity contribution in [2.45, 2.75) is 6.42 Å². The van der Waals surface area contributed by atoms with Gasteiger partial charge in [0.15, 0.2) is 0 Å². The highest BCUT2D eigenvalue weighted by molar-refractivity contribution is 6.31. The Balaban J connectivity index is 2.22. The van der Waals surface area contributed by atoms with Crippen molar-refractivity contribution >= 4 is 23.2 Å². The van der Waals surface area contributed by atoms with E-state index in [-0.39, 0.29) is 0 Å². The summed E-state index contributed by atoms with van der Waals surface area (Å²) in [7, 11) is 0. The van der Waals surface area contributed by atoms with Crippen LogP contribution in [0.15, 0.2) is 42.6 Å². The maximum Gasteiger partial charge on any atom is 0.0633 e. The van der Waals surface area contributed by atoms with E-state index in [9.17, 15) is 0 Å². The Kier molecular flexibility index (Phi) is 3.24. The molecule has 15 heavy (non-hydrogen) atoms. The molecule has 0 aliphatic heterocycles. The second-order valence-corrected chi connectivity index (χ2v) is 4.08. The van der Waals surface area contributed by atoms with E-state index in [0.29, 0.717) is 5.02 Å². The summed E-state index contributed by atoms with van der Waals surface area (Å²) < 4.78 is 0. The fraction of sp³-hybridized carbons (Fsp3) is 0.0833. The van der Waals surface area contributed by atoms with Crippen LogP contribution in [0.5, 0.6) is 0 Å². The minimum Gasteiger partial charge on any atom is -0.259 e. The molecule has 0 unspecified atom stereocenters. The molecule has 2 rings (SSSR count). The summed E-state index contributed by atoms with van der Waals surface area (Å²) in [6.07, 6.45) is 2.48. The summed E-state index contributed by atoms with van der Waals surface area (Å²) in [6.45, 7) is 0. The third-order valence-corrected chi connectivity index (χ3v) is 2.72. The molecule has 1 heterocycles. The van der Waals surface area contributed by atoms with Crippen molar-refractivity contribution < 1.29 is 0 Å². The van der Waals surface area contributed by atoms with Crippen molar-refractivity contribution in [2.75, 3.05) is 0 Å². The molecule has 0 saturated carbocycles. The van der Waals surface area contributed by atoms with Gasteiger partial charge in [0.05, 0.1) is 10.7 Å². The molecule has 0 N–H and O–H groups in total. The normalized spacial score (nSPS) is 10.3. The Morgan fingerprint density at radius 3 is 2.40 bits per heavy atom. The van der Waals surface area contributed by atoms with E-state index in [0.717, 1.165) is 22.7 Å². The third kappa shape index (κ3) is 2.71. The van der Waals surface area contributed by atoms with Crippen molar-refractivity contribution in [2.24, 2.45) is 0 Å². The van der Waals surface area contributed by atoms with Crippen molar-refractivity contribution in [3.8, 4) is 0 Å². The molecule has 1 nitrogen and oxygen atoms in total. The Morgan fingerprint density at radius 2 is 1.73 bits per heavy atom. The molecule has 76 valence electrons. The number of halogens is 2. The predicted molar refractivity (Wildman–Crippen MR) is 63.5 cm³/mol. The average molecular weight is 238 g/mol. The van der Waals surface area contributed by atoms with Crippen LogP contribution in [0.25, 0.3) is 0 Å². The van der Waals surface area contributed by atoms with Crippen molar-refractivity contribution in [3.63, 3.8) is 0 Å². The first-order chi connectivity index (χ1) is 7.25. The van der Waals surface area contributed by atoms with E-state index in [1.165, 1.54) is 0 Å². The van der Waals surface area contributed by atoms with E-state index < -0.39 is 0 Å². The largest absolute Gasteiger partial charge is 0.259 e. The lowest BCUT2D eigenvalue weighted by Crippen LogP contribution is -1.92. The van der Waals surface area contributed by atoms with Gasteiger partial charge in [-0.25, -0.2) is 0 Å². The minimum atomic E-state index is 0.701. The van der Waals surface area contributed by atoms with Crippen LogP contribution in [0.4, 0.5) is 0 Å². The average Bonchev–Trinajstić information content (AvgIpc) is 2.25. The van der Waals surface area contributed by atoms with Crippen LogP contribution in [0.2, 0.25) is 10.0 Å². The lowest BCUT2D eigenvalue weighted by Gasteiger charge is -2.02. The maximum absolute atomic E-state index is 6.02. The predicted octanol–water partition coefficient (Wildman–Crippen LogP) is 3.98. The highest BCUT2D eigenvalue weighted by Gasteiger charge is 2.01. The van der Waals surface area contributed by atoms with Gasteiger partial charge >= 0.3 is 0 Å². The Hall–Kier alpha value is -1.05. The summed E-state index contributed by atoms with van der Waals surface area (Å²) in [4.78, 5) is 4.23. The number of hydrogen-bond acceptors (Lipinski definition) is 1. The number of hydrogen-bond donors (Lipinski definition) is 0. The van der Waals surface area contributed by atoms with Gasteiger partial charge in [0.25, 0.3) is 0 Å². The molecule has 0 aliphatic rings. The maximum atomic E-state index is 6.02. The number of benzene rings is 1. The zero-order valence-corrected chi connectivity index (χ0v) is 9.46. The topological polar surface area (TPSA) is 12.9 Å². The molecule has 3 heteroatoms. The lowest BCUT2D eigenvalue weighted by molar-refractivity contribution is 1.07. The molecular formula is C12H9Cl2N. The van der Waals surface area contributed by atoms with Gasteiger partial charge in [-0.2, -0.15) is 0 Å². The van der Waals surface area contributed by atoms with Crippen molar-refractivity contribution in [3.05, 3.63) is 63.9 Å². The molecule has 1 aromatic carbocycles. The minimum absolute atomic E-state index is 0.701. The fourth-order valence-corrected chi connectivity index (χ4v) is 1.66. The second kappa shape index (κ2) is 4.65. The molecule has 0 radical (unpaired) electrons. The first kappa shape index (κ1) is 10.5. The second-order valence-electron chi connectivity index (χ2n) is 3.24. The van der Waals surface area contributed by atoms with Crippen LogP contribution in [0.3, 0.4) is 0 Å². The van der Waals surface area contributed by atoms with Gasteiger partial charge < -0.3 is 0 Å². The SMILES string of the molecule is Clc1ccc(Cc2ncccc2Cl)cc1. The molecule has 0 aliphatic carbocycles. The van der Waals surface area contributed by atoms with E-state index in [2.05, 4.69) is 4.98 Å². The van der Waals surface area contributed by atoms with Crippen LogP contribution in [0, 0.1) is 0 Å². The summed E-state index contributed by atoms with van der Waals surface area (Å²) in [5.41, 5.74) is 2.04. The summed E-state index contributed by atoms with van der Waals surface area (Å²) in [5, 5.41) is 1.44. The van der Waals surface area contributed by atoms with Gasteiger partial charge in [0.1, 0.15) is 0 Å². The van der Waals surface area contributed by atoms with E-state index >= 15 is 0 Å². The Bertz CT molecular complexity index is 451. The number of pyridine rings is 1. The molecule has 1 aromatic heterocycles. The fourth-order valence-electron chi connectivity index (χ4n) is 1.34. The van der Waals surface area contributed by atoms with Crippen molar-refractivity contribution in [1.82, 2.24) is 4.98 Å². The molecule has 0 saturated heterocycles. The molecular weight excluding hydrogens is 229 g/mol. The Morgan fingerprint density at radius 1 is 1.00 bits per heavy atom. The van der Waals surface area contributed by atoms with Gasteiger partial charge in [-0.3, -0.25) is 4.98 Å². The van der Waals surface area contributed by atoms with E-state index in [4.69, 9.17) is 23.2 Å². The molecule has 2 aromatic rings. The van der Waals surface area contributed by atoms with E-state index in [1.807, 2.05) is 36.4 Å². The van der Waals surface area contributed by atoms with Gasteiger partial charge in [-0.05, 0) is 29.8 Å². The molecule has 0 bridgehead atoms. The first-order valence-corrected chi connectivity index (χ1v) is 5.35. The summed E-state index contributed by atoms with van der Waals surface area (Å²) in [6, 6.07) is 11.4. The van der Waals surface area contributed by atoms with Crippen LogP contribution in [-0.2, 0) is 6.42 Å². The smallest absolute Gasteiger partial charge is 0.0633 e. The number of nitrogens with zero attached hydrogens (tertiary/aromatic N) is 1. The highest BCUT2D eigenvalue weighted by Crippen LogP contribution is 2.17. The molecule has 0 amide bonds. The Labute approximate surface area is 98.7 Å². The number of rotatable bonds is 2. The zero-order valence-electron chi connectivity index (χ0n) is 7.95. The van der Waals surface area contributed by atoms with Crippen LogP contribution < -0.4 is 0 Å². The molecule has 0 spiro atoms. The quantitative estimate of drug-likeness (QED) is 0.771. The van der Waals surface area contributed by atoms with Gasteiger partial charge in [0, 0.05) is 17.6 Å². The third-order valence-electron chi connectivity index (χ3n) is 2.12. The standard InChI is InChI=1S/C12H9Cl2N/c13-10-5-3-9(4-6-10)8-12-11(14)2-1-7-15-12/h1-7H,8H2. The molecule has 0 atom stereocenters.